The van der Waals surface area contributed by atoms with Gasteiger partial charge in [-0.2, -0.15) is 9.29 Å². The minimum absolute atomic E-state index is 0.0658. The molecule has 1 aliphatic rings. The summed E-state index contributed by atoms with van der Waals surface area (Å²) in [7, 11) is -2.31. The smallest absolute Gasteiger partial charge is 0.319 e. The second-order valence-corrected chi connectivity index (χ2v) is 8.12. The van der Waals surface area contributed by atoms with Gasteiger partial charge in [0.15, 0.2) is 0 Å². The highest BCUT2D eigenvalue weighted by molar-refractivity contribution is 7.88. The number of sulfonamides is 1. The zero-order chi connectivity index (χ0) is 19.4. The van der Waals surface area contributed by atoms with E-state index >= 15 is 0 Å². The van der Waals surface area contributed by atoms with Crippen molar-refractivity contribution in [2.24, 2.45) is 0 Å². The van der Waals surface area contributed by atoms with Crippen LogP contribution in [0.5, 0.6) is 11.9 Å². The fourth-order valence-corrected chi connectivity index (χ4v) is 4.48. The molecule has 3 rings (SSSR count). The first-order chi connectivity index (χ1) is 12.9. The van der Waals surface area contributed by atoms with Crippen LogP contribution in [0.2, 0.25) is 0 Å². The Labute approximate surface area is 156 Å². The molecule has 146 valence electrons. The number of hydrogen-bond acceptors (Lipinski definition) is 6. The van der Waals surface area contributed by atoms with Crippen LogP contribution in [0.25, 0.3) is 0 Å². The molecule has 7 nitrogen and oxygen atoms in total. The highest BCUT2D eigenvalue weighted by atomic mass is 32.2. The molecule has 0 bridgehead atoms. The highest BCUT2D eigenvalue weighted by Gasteiger charge is 2.30. The van der Waals surface area contributed by atoms with E-state index in [4.69, 9.17) is 9.47 Å². The van der Waals surface area contributed by atoms with E-state index < -0.39 is 33.5 Å². The summed E-state index contributed by atoms with van der Waals surface area (Å²) < 4.78 is 63.9. The van der Waals surface area contributed by atoms with Crippen molar-refractivity contribution in [1.82, 2.24) is 14.3 Å². The van der Waals surface area contributed by atoms with Gasteiger partial charge in [-0.15, -0.1) is 0 Å². The van der Waals surface area contributed by atoms with Crippen molar-refractivity contribution in [1.29, 1.82) is 0 Å². The lowest BCUT2D eigenvalue weighted by Gasteiger charge is -2.31. The Morgan fingerprint density at radius 1 is 1.26 bits per heavy atom. The molecule has 1 atom stereocenters. The van der Waals surface area contributed by atoms with Crippen molar-refractivity contribution >= 4 is 10.0 Å². The van der Waals surface area contributed by atoms with Gasteiger partial charge in [0.1, 0.15) is 17.7 Å². The summed E-state index contributed by atoms with van der Waals surface area (Å²) >= 11 is 0. The van der Waals surface area contributed by atoms with Gasteiger partial charge < -0.3 is 9.47 Å². The fourth-order valence-electron chi connectivity index (χ4n) is 2.91. The van der Waals surface area contributed by atoms with E-state index in [0.717, 1.165) is 12.1 Å². The first-order valence-corrected chi connectivity index (χ1v) is 9.93. The Bertz CT molecular complexity index is 891. The van der Waals surface area contributed by atoms with Crippen LogP contribution in [0.3, 0.4) is 0 Å². The van der Waals surface area contributed by atoms with E-state index in [0.29, 0.717) is 31.3 Å². The Morgan fingerprint density at radius 3 is 2.70 bits per heavy atom. The number of nitrogens with zero attached hydrogens (tertiary/aromatic N) is 3. The number of methoxy groups -OCH3 is 1. The first-order valence-electron chi connectivity index (χ1n) is 8.32. The van der Waals surface area contributed by atoms with E-state index in [-0.39, 0.29) is 18.1 Å². The third-order valence-corrected chi connectivity index (χ3v) is 5.90. The van der Waals surface area contributed by atoms with Gasteiger partial charge in [0.05, 0.1) is 19.4 Å². The Balaban J connectivity index is 1.68. The second-order valence-electron chi connectivity index (χ2n) is 6.16. The Kier molecular flexibility index (Phi) is 5.85. The molecule has 0 radical (unpaired) electrons. The van der Waals surface area contributed by atoms with Crippen LogP contribution >= 0.6 is 0 Å². The minimum atomic E-state index is -3.75. The van der Waals surface area contributed by atoms with E-state index in [1.54, 1.807) is 6.07 Å². The number of hydrogen-bond donors (Lipinski definition) is 0. The number of aromatic nitrogens is 2. The number of piperidine rings is 1. The molecule has 0 aliphatic carbocycles. The molecule has 2 aromatic rings. The quantitative estimate of drug-likeness (QED) is 0.740. The van der Waals surface area contributed by atoms with E-state index in [1.807, 2.05) is 0 Å². The van der Waals surface area contributed by atoms with Crippen molar-refractivity contribution in [3.05, 3.63) is 47.7 Å². The molecule has 27 heavy (non-hydrogen) atoms. The maximum atomic E-state index is 13.3. The number of benzene rings is 1. The summed E-state index contributed by atoms with van der Waals surface area (Å²) in [6, 6.07) is 4.46. The van der Waals surface area contributed by atoms with Crippen molar-refractivity contribution in [3.8, 4) is 11.9 Å². The van der Waals surface area contributed by atoms with Crippen LogP contribution in [0.15, 0.2) is 30.5 Å². The highest BCUT2D eigenvalue weighted by Crippen LogP contribution is 2.22. The molecule has 0 N–H and O–H groups in total. The lowest BCUT2D eigenvalue weighted by Crippen LogP contribution is -2.44. The average Bonchev–Trinajstić information content (AvgIpc) is 2.61. The lowest BCUT2D eigenvalue weighted by atomic mass is 10.1. The summed E-state index contributed by atoms with van der Waals surface area (Å²) in [4.78, 5) is 7.94. The zero-order valence-corrected chi connectivity index (χ0v) is 15.5. The lowest BCUT2D eigenvalue weighted by molar-refractivity contribution is 0.123. The zero-order valence-electron chi connectivity index (χ0n) is 14.6. The largest absolute Gasteiger partial charge is 0.473 e. The molecule has 1 aliphatic heterocycles. The van der Waals surface area contributed by atoms with E-state index in [9.17, 15) is 17.2 Å². The third kappa shape index (κ3) is 5.10. The molecule has 1 fully saturated rings. The summed E-state index contributed by atoms with van der Waals surface area (Å²) in [5.74, 6) is -1.80. The van der Waals surface area contributed by atoms with Crippen molar-refractivity contribution in [3.63, 3.8) is 0 Å². The molecule has 1 aromatic carbocycles. The Morgan fingerprint density at radius 2 is 2.00 bits per heavy atom. The predicted octanol–water partition coefficient (Wildman–Crippen LogP) is 2.14. The van der Waals surface area contributed by atoms with Gasteiger partial charge in [-0.25, -0.2) is 22.2 Å². The van der Waals surface area contributed by atoms with Crippen LogP contribution in [-0.4, -0.2) is 49.0 Å². The number of rotatable bonds is 6. The topological polar surface area (TPSA) is 81.6 Å². The van der Waals surface area contributed by atoms with Crippen molar-refractivity contribution in [2.75, 3.05) is 20.2 Å². The first kappa shape index (κ1) is 19.4. The van der Waals surface area contributed by atoms with Crippen LogP contribution in [-0.2, 0) is 15.8 Å². The van der Waals surface area contributed by atoms with Gasteiger partial charge >= 0.3 is 6.01 Å². The summed E-state index contributed by atoms with van der Waals surface area (Å²) in [5, 5.41) is 0. The fraction of sp³-hybridized carbons (Fsp3) is 0.412. The third-order valence-electron chi connectivity index (χ3n) is 4.08. The molecule has 1 unspecified atom stereocenters. The summed E-state index contributed by atoms with van der Waals surface area (Å²) in [5.41, 5.74) is 0.0658. The van der Waals surface area contributed by atoms with Gasteiger partial charge in [0.2, 0.25) is 15.9 Å². The molecule has 2 heterocycles. The molecule has 0 spiro atoms. The van der Waals surface area contributed by atoms with Gasteiger partial charge in [0.25, 0.3) is 0 Å². The molecular formula is C17H19F2N3O4S. The van der Waals surface area contributed by atoms with Crippen LogP contribution in [0.1, 0.15) is 18.4 Å². The number of ether oxygens (including phenoxy) is 2. The Hall–Kier alpha value is -2.33. The molecular weight excluding hydrogens is 380 g/mol. The van der Waals surface area contributed by atoms with Crippen LogP contribution in [0, 0.1) is 11.6 Å². The molecule has 0 amide bonds. The van der Waals surface area contributed by atoms with Gasteiger partial charge in [-0.1, -0.05) is 0 Å². The van der Waals surface area contributed by atoms with Gasteiger partial charge in [-0.3, -0.25) is 0 Å². The minimum Gasteiger partial charge on any atom is -0.473 e. The molecule has 1 saturated heterocycles. The van der Waals surface area contributed by atoms with Crippen LogP contribution < -0.4 is 9.47 Å². The maximum absolute atomic E-state index is 13.3. The maximum Gasteiger partial charge on any atom is 0.319 e. The van der Waals surface area contributed by atoms with Gasteiger partial charge in [0, 0.05) is 24.9 Å². The van der Waals surface area contributed by atoms with Crippen LogP contribution in [0.4, 0.5) is 8.78 Å². The summed E-state index contributed by atoms with van der Waals surface area (Å²) in [6.45, 7) is 0.458. The number of halogens is 2. The van der Waals surface area contributed by atoms with Crippen molar-refractivity contribution in [2.45, 2.75) is 24.7 Å². The normalized spacial score (nSPS) is 18.3. The summed E-state index contributed by atoms with van der Waals surface area (Å²) in [6.07, 6.45) is 2.35. The van der Waals surface area contributed by atoms with E-state index in [1.165, 1.54) is 17.6 Å². The molecule has 10 heteroatoms. The standard InChI is InChI=1S/C17H19F2N3O4S/c1-25-17-20-5-4-16(21-17)26-15-3-2-6-22(10-15)27(23,24)11-12-7-13(18)9-14(19)8-12/h4-5,7-9,15H,2-3,6,10-11H2,1H3. The second kappa shape index (κ2) is 8.13. The monoisotopic (exact) mass is 399 g/mol. The van der Waals surface area contributed by atoms with E-state index in [2.05, 4.69) is 9.97 Å². The predicted molar refractivity (Wildman–Crippen MR) is 92.8 cm³/mol. The molecule has 0 saturated carbocycles. The average molecular weight is 399 g/mol. The SMILES string of the molecule is COc1nccc(OC2CCCN(S(=O)(=O)Cc3cc(F)cc(F)c3)C2)n1. The van der Waals surface area contributed by atoms with Gasteiger partial charge in [-0.05, 0) is 30.5 Å². The molecule has 1 aromatic heterocycles. The van der Waals surface area contributed by atoms with Crippen molar-refractivity contribution < 1.29 is 26.7 Å².